The molecule has 0 aromatic heterocycles. The molecular weight excluding hydrogens is 384 g/mol. The van der Waals surface area contributed by atoms with Crippen molar-refractivity contribution in [3.05, 3.63) is 72.8 Å². The fourth-order valence-electron chi connectivity index (χ4n) is 3.59. The van der Waals surface area contributed by atoms with Crippen LogP contribution in [0, 0.1) is 11.5 Å². The highest BCUT2D eigenvalue weighted by molar-refractivity contribution is 6.99. The monoisotopic (exact) mass is 420 g/mol. The van der Waals surface area contributed by atoms with E-state index in [0.717, 1.165) is 19.4 Å². The van der Waals surface area contributed by atoms with E-state index in [-0.39, 0.29) is 5.04 Å². The molecule has 0 aliphatic heterocycles. The summed E-state index contributed by atoms with van der Waals surface area (Å²) in [6, 6.07) is 21.7. The minimum Gasteiger partial charge on any atom is -0.407 e. The molecule has 0 fully saturated rings. The predicted octanol–water partition coefficient (Wildman–Crippen LogP) is 5.78. The number of allylic oxidation sites excluding steroid dienone is 2. The second kappa shape index (κ2) is 10.2. The molecule has 0 spiro atoms. The van der Waals surface area contributed by atoms with Crippen molar-refractivity contribution in [2.45, 2.75) is 58.3 Å². The molecule has 0 aliphatic rings. The van der Waals surface area contributed by atoms with Crippen LogP contribution in [-0.4, -0.2) is 23.0 Å². The van der Waals surface area contributed by atoms with Crippen molar-refractivity contribution in [3.63, 3.8) is 0 Å². The smallest absolute Gasteiger partial charge is 0.261 e. The van der Waals surface area contributed by atoms with Crippen LogP contribution in [0.3, 0.4) is 0 Å². The first-order valence-electron chi connectivity index (χ1n) is 10.6. The Morgan fingerprint density at radius 1 is 0.862 bits per heavy atom. The van der Waals surface area contributed by atoms with Crippen LogP contribution in [-0.2, 0) is 4.43 Å². The van der Waals surface area contributed by atoms with Crippen LogP contribution in [0.25, 0.3) is 0 Å². The lowest BCUT2D eigenvalue weighted by Crippen LogP contribution is -2.66. The van der Waals surface area contributed by atoms with Gasteiger partial charge in [0.25, 0.3) is 8.32 Å². The molecule has 0 aliphatic carbocycles. The van der Waals surface area contributed by atoms with E-state index < -0.39 is 16.4 Å². The van der Waals surface area contributed by atoms with Crippen LogP contribution < -0.4 is 10.4 Å². The van der Waals surface area contributed by atoms with E-state index in [2.05, 4.69) is 119 Å². The number of hydrogen-bond acceptors (Lipinski definition) is 1. The van der Waals surface area contributed by atoms with Crippen molar-refractivity contribution >= 4 is 26.8 Å². The molecule has 0 N–H and O–H groups in total. The lowest BCUT2D eigenvalue weighted by atomic mass is 10.2. The van der Waals surface area contributed by atoms with Crippen molar-refractivity contribution in [1.29, 1.82) is 0 Å². The fourth-order valence-corrected chi connectivity index (χ4v) is 8.71. The summed E-state index contributed by atoms with van der Waals surface area (Å²) in [5, 5.41) is 2.72. The van der Waals surface area contributed by atoms with Gasteiger partial charge in [0, 0.05) is 6.61 Å². The number of unbranched alkanes of at least 4 members (excludes halogenated alkanes) is 1. The van der Waals surface area contributed by atoms with Gasteiger partial charge in [-0.3, -0.25) is 0 Å². The Kier molecular flexibility index (Phi) is 8.27. The van der Waals surface area contributed by atoms with Crippen molar-refractivity contribution in [1.82, 2.24) is 0 Å². The van der Waals surface area contributed by atoms with Crippen LogP contribution in [0.5, 0.6) is 0 Å². The summed E-state index contributed by atoms with van der Waals surface area (Å²) in [5.41, 5.74) is 3.38. The third-order valence-corrected chi connectivity index (χ3v) is 10.8. The van der Waals surface area contributed by atoms with Gasteiger partial charge < -0.3 is 4.43 Å². The number of benzene rings is 2. The van der Waals surface area contributed by atoms with Crippen LogP contribution >= 0.6 is 0 Å². The van der Waals surface area contributed by atoms with E-state index in [4.69, 9.17) is 4.43 Å². The summed E-state index contributed by atoms with van der Waals surface area (Å²) < 4.78 is 6.90. The molecule has 0 amide bonds. The Bertz CT molecular complexity index is 792. The number of hydrogen-bond donors (Lipinski definition) is 0. The van der Waals surface area contributed by atoms with E-state index in [9.17, 15) is 0 Å². The van der Waals surface area contributed by atoms with Crippen molar-refractivity contribution in [2.24, 2.45) is 0 Å². The van der Waals surface area contributed by atoms with Gasteiger partial charge in [-0.1, -0.05) is 113 Å². The highest BCUT2D eigenvalue weighted by Gasteiger charge is 2.49. The standard InChI is InChI=1S/C26H36OSi2/c1-26(2,3)29(24-18-12-10-13-19-24,25-20-14-11-15-21-25)27-22-16-8-7-9-17-23-28(4,5)6/h7,9-15,18-21H,8,16,22H2,1-6H3/b9-7+. The molecule has 0 unspecified atom stereocenters. The van der Waals surface area contributed by atoms with E-state index in [1.165, 1.54) is 10.4 Å². The predicted molar refractivity (Wildman–Crippen MR) is 133 cm³/mol. The second-order valence-electron chi connectivity index (χ2n) is 9.58. The largest absolute Gasteiger partial charge is 0.407 e. The lowest BCUT2D eigenvalue weighted by Gasteiger charge is -2.43. The SMILES string of the molecule is CC(C)(C)[Si](OCCC/C=C/C#C[Si](C)(C)C)(c1ccccc1)c1ccccc1. The first kappa shape index (κ1) is 23.4. The molecule has 0 saturated carbocycles. The molecule has 2 aromatic rings. The van der Waals surface area contributed by atoms with Crippen LogP contribution in [0.2, 0.25) is 24.7 Å². The molecule has 29 heavy (non-hydrogen) atoms. The van der Waals surface area contributed by atoms with Gasteiger partial charge >= 0.3 is 0 Å². The summed E-state index contributed by atoms with van der Waals surface area (Å²) in [5.74, 6) is 3.21. The Labute approximate surface area is 180 Å². The number of rotatable bonds is 7. The molecule has 2 aromatic carbocycles. The van der Waals surface area contributed by atoms with Gasteiger partial charge in [-0.05, 0) is 34.3 Å². The van der Waals surface area contributed by atoms with E-state index in [0.29, 0.717) is 0 Å². The molecule has 154 valence electrons. The summed E-state index contributed by atoms with van der Waals surface area (Å²) in [6.07, 6.45) is 6.21. The maximum Gasteiger partial charge on any atom is 0.261 e. The van der Waals surface area contributed by atoms with Gasteiger partial charge in [0.1, 0.15) is 8.07 Å². The Morgan fingerprint density at radius 2 is 1.38 bits per heavy atom. The quantitative estimate of drug-likeness (QED) is 0.313. The zero-order chi connectivity index (χ0) is 21.4. The molecule has 0 heterocycles. The van der Waals surface area contributed by atoms with Gasteiger partial charge in [-0.25, -0.2) is 0 Å². The first-order chi connectivity index (χ1) is 13.7. The molecule has 3 heteroatoms. The molecule has 0 radical (unpaired) electrons. The van der Waals surface area contributed by atoms with Crippen LogP contribution in [0.1, 0.15) is 33.6 Å². The van der Waals surface area contributed by atoms with E-state index in [1.54, 1.807) is 0 Å². The molecule has 0 saturated heterocycles. The Hall–Kier alpha value is -1.87. The molecule has 0 bridgehead atoms. The highest BCUT2D eigenvalue weighted by atomic mass is 28.4. The molecule has 2 rings (SSSR count). The summed E-state index contributed by atoms with van der Waals surface area (Å²) in [4.78, 5) is 0. The summed E-state index contributed by atoms with van der Waals surface area (Å²) in [6.45, 7) is 14.5. The molecule has 1 nitrogen and oxygen atoms in total. The third-order valence-electron chi connectivity index (χ3n) is 4.90. The van der Waals surface area contributed by atoms with Gasteiger partial charge in [0.05, 0.1) is 0 Å². The maximum absolute atomic E-state index is 6.90. The van der Waals surface area contributed by atoms with Gasteiger partial charge in [0.15, 0.2) is 0 Å². The van der Waals surface area contributed by atoms with Gasteiger partial charge in [-0.2, -0.15) is 0 Å². The average molecular weight is 421 g/mol. The first-order valence-corrected chi connectivity index (χ1v) is 16.0. The minimum absolute atomic E-state index is 0.0361. The topological polar surface area (TPSA) is 9.23 Å². The molecule has 0 atom stereocenters. The summed E-state index contributed by atoms with van der Waals surface area (Å²) in [7, 11) is -3.68. The minimum atomic E-state index is -2.40. The average Bonchev–Trinajstić information content (AvgIpc) is 2.66. The van der Waals surface area contributed by atoms with E-state index >= 15 is 0 Å². The maximum atomic E-state index is 6.90. The molecular formula is C26H36OSi2. The lowest BCUT2D eigenvalue weighted by molar-refractivity contribution is 0.293. The zero-order valence-electron chi connectivity index (χ0n) is 19.0. The van der Waals surface area contributed by atoms with E-state index in [1.807, 2.05) is 6.08 Å². The normalized spacial score (nSPS) is 12.6. The van der Waals surface area contributed by atoms with Crippen LogP contribution in [0.4, 0.5) is 0 Å². The Morgan fingerprint density at radius 3 is 1.83 bits per heavy atom. The third kappa shape index (κ3) is 6.57. The zero-order valence-corrected chi connectivity index (χ0v) is 21.0. The second-order valence-corrected chi connectivity index (χ2v) is 18.6. The van der Waals surface area contributed by atoms with Crippen molar-refractivity contribution in [3.8, 4) is 11.5 Å². The van der Waals surface area contributed by atoms with Gasteiger partial charge in [-0.15, -0.1) is 5.54 Å². The Balaban J connectivity index is 2.19. The van der Waals surface area contributed by atoms with Gasteiger partial charge in [0.2, 0.25) is 0 Å². The highest BCUT2D eigenvalue weighted by Crippen LogP contribution is 2.36. The summed E-state index contributed by atoms with van der Waals surface area (Å²) >= 11 is 0. The van der Waals surface area contributed by atoms with Crippen LogP contribution in [0.15, 0.2) is 72.8 Å². The van der Waals surface area contributed by atoms with Crippen molar-refractivity contribution in [2.75, 3.05) is 6.61 Å². The van der Waals surface area contributed by atoms with Crippen molar-refractivity contribution < 1.29 is 4.43 Å². The fraction of sp³-hybridized carbons (Fsp3) is 0.385.